The standard InChI is InChI=1S/C19H19N3OS/c1-13(2)6-5-7-14-12-16(15-8-3-4-9-17(15)21-14)18(23)22-19-20-10-11-24-19/h3-4,6,8-12H,5,7H2,1-2H3,(H,20,22,23). The number of benzene rings is 1. The largest absolute Gasteiger partial charge is 0.298 e. The van der Waals surface area contributed by atoms with Crippen LogP contribution in [-0.2, 0) is 6.42 Å². The first-order chi connectivity index (χ1) is 11.6. The smallest absolute Gasteiger partial charge is 0.258 e. The molecular weight excluding hydrogens is 318 g/mol. The quantitative estimate of drug-likeness (QED) is 0.678. The molecule has 1 amide bonds. The number of carbonyl (C=O) groups excluding carboxylic acids is 1. The molecular formula is C19H19N3OS. The summed E-state index contributed by atoms with van der Waals surface area (Å²) in [5.74, 6) is -0.146. The van der Waals surface area contributed by atoms with Gasteiger partial charge in [0.2, 0.25) is 0 Å². The summed E-state index contributed by atoms with van der Waals surface area (Å²) in [6.07, 6.45) is 5.59. The third-order valence-corrected chi connectivity index (χ3v) is 4.31. The van der Waals surface area contributed by atoms with Crippen molar-refractivity contribution in [3.63, 3.8) is 0 Å². The third-order valence-electron chi connectivity index (χ3n) is 3.62. The van der Waals surface area contributed by atoms with Gasteiger partial charge in [0, 0.05) is 22.7 Å². The summed E-state index contributed by atoms with van der Waals surface area (Å²) in [6.45, 7) is 4.17. The molecule has 24 heavy (non-hydrogen) atoms. The fraction of sp³-hybridized carbons (Fsp3) is 0.211. The number of nitrogens with one attached hydrogen (secondary N) is 1. The van der Waals surface area contributed by atoms with Gasteiger partial charge >= 0.3 is 0 Å². The van der Waals surface area contributed by atoms with Crippen LogP contribution in [0.5, 0.6) is 0 Å². The summed E-state index contributed by atoms with van der Waals surface area (Å²) in [5, 5.41) is 6.16. The minimum absolute atomic E-state index is 0.146. The Balaban J connectivity index is 1.94. The fourth-order valence-corrected chi connectivity index (χ4v) is 3.03. The zero-order chi connectivity index (χ0) is 16.9. The third kappa shape index (κ3) is 3.86. The molecule has 1 N–H and O–H groups in total. The predicted molar refractivity (Wildman–Crippen MR) is 99.6 cm³/mol. The van der Waals surface area contributed by atoms with E-state index in [1.165, 1.54) is 16.9 Å². The van der Waals surface area contributed by atoms with Gasteiger partial charge < -0.3 is 0 Å². The van der Waals surface area contributed by atoms with Crippen LogP contribution < -0.4 is 5.32 Å². The zero-order valence-electron chi connectivity index (χ0n) is 13.7. The molecule has 0 spiro atoms. The molecule has 4 nitrogen and oxygen atoms in total. The van der Waals surface area contributed by atoms with E-state index >= 15 is 0 Å². The number of hydrogen-bond acceptors (Lipinski definition) is 4. The molecule has 0 unspecified atom stereocenters. The summed E-state index contributed by atoms with van der Waals surface area (Å²) in [7, 11) is 0. The number of thiazole rings is 1. The number of pyridine rings is 1. The predicted octanol–water partition coefficient (Wildman–Crippen LogP) is 4.84. The lowest BCUT2D eigenvalue weighted by Crippen LogP contribution is -2.13. The lowest BCUT2D eigenvalue weighted by Gasteiger charge is -2.09. The Hall–Kier alpha value is -2.53. The second-order valence-electron chi connectivity index (χ2n) is 5.79. The number of amides is 1. The highest BCUT2D eigenvalue weighted by molar-refractivity contribution is 7.13. The molecule has 122 valence electrons. The van der Waals surface area contributed by atoms with Crippen LogP contribution in [0.4, 0.5) is 5.13 Å². The Labute approximate surface area is 145 Å². The van der Waals surface area contributed by atoms with Crippen molar-refractivity contribution in [1.82, 2.24) is 9.97 Å². The number of nitrogens with zero attached hydrogens (tertiary/aromatic N) is 2. The van der Waals surface area contributed by atoms with Crippen molar-refractivity contribution in [1.29, 1.82) is 0 Å². The first kappa shape index (κ1) is 16.3. The summed E-state index contributed by atoms with van der Waals surface area (Å²) in [6, 6.07) is 9.63. The molecule has 0 bridgehead atoms. The molecule has 0 radical (unpaired) electrons. The number of fused-ring (bicyclic) bond motifs is 1. The van der Waals surface area contributed by atoms with Gasteiger partial charge in [-0.25, -0.2) is 4.98 Å². The molecule has 0 aliphatic heterocycles. The van der Waals surface area contributed by atoms with E-state index < -0.39 is 0 Å². The number of aryl methyl sites for hydroxylation is 1. The molecule has 0 saturated carbocycles. The molecule has 1 aromatic carbocycles. The molecule has 0 aliphatic carbocycles. The Bertz CT molecular complexity index is 881. The van der Waals surface area contributed by atoms with Crippen molar-refractivity contribution in [2.75, 3.05) is 5.32 Å². The number of carbonyl (C=O) groups is 1. The zero-order valence-corrected chi connectivity index (χ0v) is 14.6. The van der Waals surface area contributed by atoms with Crippen LogP contribution in [0.25, 0.3) is 10.9 Å². The van der Waals surface area contributed by atoms with E-state index in [1.807, 2.05) is 35.7 Å². The highest BCUT2D eigenvalue weighted by Gasteiger charge is 2.14. The molecule has 0 saturated heterocycles. The van der Waals surface area contributed by atoms with Crippen LogP contribution in [0.1, 0.15) is 36.3 Å². The summed E-state index contributed by atoms with van der Waals surface area (Å²) in [4.78, 5) is 21.5. The van der Waals surface area contributed by atoms with Crippen molar-refractivity contribution in [3.05, 3.63) is 64.8 Å². The first-order valence-corrected chi connectivity index (χ1v) is 8.74. The minimum Gasteiger partial charge on any atom is -0.298 e. The molecule has 0 aliphatic rings. The number of para-hydroxylation sites is 1. The number of aromatic nitrogens is 2. The topological polar surface area (TPSA) is 54.9 Å². The van der Waals surface area contributed by atoms with Gasteiger partial charge in [-0.3, -0.25) is 15.1 Å². The van der Waals surface area contributed by atoms with Gasteiger partial charge in [0.15, 0.2) is 5.13 Å². The maximum Gasteiger partial charge on any atom is 0.258 e. The van der Waals surface area contributed by atoms with E-state index in [1.54, 1.807) is 6.20 Å². The maximum atomic E-state index is 12.7. The Morgan fingerprint density at radius 3 is 2.88 bits per heavy atom. The Kier molecular flexibility index (Phi) is 5.01. The normalized spacial score (nSPS) is 10.6. The monoisotopic (exact) mass is 337 g/mol. The Morgan fingerprint density at radius 1 is 1.29 bits per heavy atom. The summed E-state index contributed by atoms with van der Waals surface area (Å²) < 4.78 is 0. The SMILES string of the molecule is CC(C)=CCCc1cc(C(=O)Nc2nccs2)c2ccccc2n1. The number of hydrogen-bond donors (Lipinski definition) is 1. The van der Waals surface area contributed by atoms with Crippen LogP contribution in [0.2, 0.25) is 0 Å². The molecule has 2 heterocycles. The molecule has 5 heteroatoms. The highest BCUT2D eigenvalue weighted by atomic mass is 32.1. The van der Waals surface area contributed by atoms with Crippen LogP contribution in [0.15, 0.2) is 53.6 Å². The Morgan fingerprint density at radius 2 is 2.12 bits per heavy atom. The lowest BCUT2D eigenvalue weighted by molar-refractivity contribution is 0.102. The molecule has 3 aromatic rings. The average molecular weight is 337 g/mol. The van der Waals surface area contributed by atoms with Gasteiger partial charge in [-0.15, -0.1) is 11.3 Å². The summed E-state index contributed by atoms with van der Waals surface area (Å²) in [5.41, 5.74) is 3.70. The van der Waals surface area contributed by atoms with Crippen LogP contribution in [-0.4, -0.2) is 15.9 Å². The van der Waals surface area contributed by atoms with Gasteiger partial charge in [0.05, 0.1) is 11.1 Å². The van der Waals surface area contributed by atoms with E-state index in [-0.39, 0.29) is 5.91 Å². The van der Waals surface area contributed by atoms with Crippen molar-refractivity contribution in [2.24, 2.45) is 0 Å². The van der Waals surface area contributed by atoms with Crippen molar-refractivity contribution in [3.8, 4) is 0 Å². The molecule has 2 aromatic heterocycles. The van der Waals surface area contributed by atoms with E-state index in [0.29, 0.717) is 10.7 Å². The van der Waals surface area contributed by atoms with Gasteiger partial charge in [-0.2, -0.15) is 0 Å². The van der Waals surface area contributed by atoms with Crippen LogP contribution >= 0.6 is 11.3 Å². The second kappa shape index (κ2) is 7.36. The van der Waals surface area contributed by atoms with E-state index in [4.69, 9.17) is 0 Å². The van der Waals surface area contributed by atoms with Gasteiger partial charge in [-0.05, 0) is 38.8 Å². The summed E-state index contributed by atoms with van der Waals surface area (Å²) >= 11 is 1.41. The van der Waals surface area contributed by atoms with Crippen LogP contribution in [0, 0.1) is 0 Å². The van der Waals surface area contributed by atoms with Gasteiger partial charge in [-0.1, -0.05) is 29.8 Å². The van der Waals surface area contributed by atoms with E-state index in [0.717, 1.165) is 29.4 Å². The van der Waals surface area contributed by atoms with E-state index in [9.17, 15) is 4.79 Å². The van der Waals surface area contributed by atoms with Gasteiger partial charge in [0.25, 0.3) is 5.91 Å². The second-order valence-corrected chi connectivity index (χ2v) is 6.68. The van der Waals surface area contributed by atoms with E-state index in [2.05, 4.69) is 35.2 Å². The maximum absolute atomic E-state index is 12.7. The number of allylic oxidation sites excluding steroid dienone is 2. The molecule has 0 atom stereocenters. The fourth-order valence-electron chi connectivity index (χ4n) is 2.50. The molecule has 0 fully saturated rings. The average Bonchev–Trinajstić information content (AvgIpc) is 3.06. The molecule has 3 rings (SSSR count). The van der Waals surface area contributed by atoms with Crippen molar-refractivity contribution in [2.45, 2.75) is 26.7 Å². The number of rotatable bonds is 5. The first-order valence-electron chi connectivity index (χ1n) is 7.86. The minimum atomic E-state index is -0.146. The van der Waals surface area contributed by atoms with Crippen LogP contribution in [0.3, 0.4) is 0 Å². The van der Waals surface area contributed by atoms with Crippen molar-refractivity contribution >= 4 is 33.3 Å². The highest BCUT2D eigenvalue weighted by Crippen LogP contribution is 2.21. The van der Waals surface area contributed by atoms with Gasteiger partial charge in [0.1, 0.15) is 0 Å². The van der Waals surface area contributed by atoms with Crippen molar-refractivity contribution < 1.29 is 4.79 Å². The lowest BCUT2D eigenvalue weighted by atomic mass is 10.0. The number of anilines is 1.